The molecule has 0 spiro atoms. The fraction of sp³-hybridized carbons (Fsp3) is 0.571. The third kappa shape index (κ3) is 4.52. The Morgan fingerprint density at radius 2 is 1.83 bits per heavy atom. The van der Waals surface area contributed by atoms with Crippen molar-refractivity contribution in [3.8, 4) is 0 Å². The van der Waals surface area contributed by atoms with Crippen LogP contribution in [0.15, 0.2) is 18.2 Å². The van der Waals surface area contributed by atoms with Gasteiger partial charge in [0.1, 0.15) is 0 Å². The fourth-order valence-electron chi connectivity index (χ4n) is 1.92. The summed E-state index contributed by atoms with van der Waals surface area (Å²) in [6.07, 6.45) is -3.39. The summed E-state index contributed by atoms with van der Waals surface area (Å²) in [5.74, 6) is 0. The van der Waals surface area contributed by atoms with Crippen molar-refractivity contribution in [3.05, 3.63) is 34.9 Å². The number of benzene rings is 1. The van der Waals surface area contributed by atoms with Crippen molar-refractivity contribution >= 4 is 11.6 Å². The predicted octanol–water partition coefficient (Wildman–Crippen LogP) is 5.43. The van der Waals surface area contributed by atoms with Gasteiger partial charge in [0.15, 0.2) is 0 Å². The normalized spacial score (nSPS) is 13.7. The lowest BCUT2D eigenvalue weighted by molar-refractivity contribution is -0.135. The molecule has 1 atom stereocenters. The first-order valence-corrected chi connectivity index (χ1v) is 6.63. The second-order valence-corrected chi connectivity index (χ2v) is 4.89. The molecule has 4 heteroatoms. The maximum absolute atomic E-state index is 12.2. The Balaban J connectivity index is 2.85. The van der Waals surface area contributed by atoms with E-state index < -0.39 is 18.0 Å². The van der Waals surface area contributed by atoms with Crippen LogP contribution in [0.25, 0.3) is 0 Å². The Hall–Kier alpha value is -0.700. The van der Waals surface area contributed by atoms with E-state index in [0.717, 1.165) is 29.5 Å². The summed E-state index contributed by atoms with van der Waals surface area (Å²) in [6.45, 7) is 4.00. The second-order valence-electron chi connectivity index (χ2n) is 4.36. The molecule has 1 unspecified atom stereocenters. The second kappa shape index (κ2) is 6.46. The zero-order valence-electron chi connectivity index (χ0n) is 10.6. The minimum Gasteiger partial charge on any atom is -0.171 e. The van der Waals surface area contributed by atoms with Gasteiger partial charge in [-0.1, -0.05) is 32.0 Å². The number of rotatable bonds is 5. The lowest BCUT2D eigenvalue weighted by Crippen LogP contribution is -2.09. The van der Waals surface area contributed by atoms with Gasteiger partial charge >= 0.3 is 6.18 Å². The molecular weight excluding hydrogens is 261 g/mol. The van der Waals surface area contributed by atoms with Gasteiger partial charge in [0.05, 0.1) is 5.38 Å². The highest BCUT2D eigenvalue weighted by molar-refractivity contribution is 6.20. The van der Waals surface area contributed by atoms with E-state index in [-0.39, 0.29) is 6.42 Å². The SMILES string of the molecule is CCc1ccc(CC)c(C(Cl)CCC(F)(F)F)c1. The van der Waals surface area contributed by atoms with Crippen LogP contribution in [0.4, 0.5) is 13.2 Å². The number of hydrogen-bond acceptors (Lipinski definition) is 0. The molecule has 0 aliphatic heterocycles. The molecular formula is C14H18ClF3. The van der Waals surface area contributed by atoms with Crippen LogP contribution >= 0.6 is 11.6 Å². The van der Waals surface area contributed by atoms with Crippen molar-refractivity contribution in [2.45, 2.75) is 51.1 Å². The van der Waals surface area contributed by atoms with E-state index in [0.29, 0.717) is 0 Å². The molecule has 1 aromatic rings. The van der Waals surface area contributed by atoms with Crippen LogP contribution in [0.3, 0.4) is 0 Å². The van der Waals surface area contributed by atoms with E-state index in [1.54, 1.807) is 0 Å². The summed E-state index contributed by atoms with van der Waals surface area (Å²) in [4.78, 5) is 0. The molecule has 0 aliphatic carbocycles. The summed E-state index contributed by atoms with van der Waals surface area (Å²) in [5.41, 5.74) is 3.00. The molecule has 0 aromatic heterocycles. The highest BCUT2D eigenvalue weighted by Gasteiger charge is 2.28. The predicted molar refractivity (Wildman–Crippen MR) is 69.1 cm³/mol. The molecule has 0 fully saturated rings. The number of aryl methyl sites for hydroxylation is 2. The van der Waals surface area contributed by atoms with Gasteiger partial charge in [-0.05, 0) is 36.0 Å². The maximum atomic E-state index is 12.2. The van der Waals surface area contributed by atoms with E-state index in [1.807, 2.05) is 32.0 Å². The van der Waals surface area contributed by atoms with Crippen LogP contribution in [0.2, 0.25) is 0 Å². The molecule has 0 amide bonds. The van der Waals surface area contributed by atoms with Gasteiger partial charge in [0.25, 0.3) is 0 Å². The van der Waals surface area contributed by atoms with Crippen molar-refractivity contribution < 1.29 is 13.2 Å². The first-order valence-electron chi connectivity index (χ1n) is 6.19. The van der Waals surface area contributed by atoms with Crippen LogP contribution in [0.5, 0.6) is 0 Å². The fourth-order valence-corrected chi connectivity index (χ4v) is 2.24. The van der Waals surface area contributed by atoms with E-state index >= 15 is 0 Å². The summed E-state index contributed by atoms with van der Waals surface area (Å²) < 4.78 is 36.6. The smallest absolute Gasteiger partial charge is 0.171 e. The zero-order chi connectivity index (χ0) is 13.8. The zero-order valence-corrected chi connectivity index (χ0v) is 11.4. The summed E-state index contributed by atoms with van der Waals surface area (Å²) in [7, 11) is 0. The van der Waals surface area contributed by atoms with Crippen molar-refractivity contribution in [2.75, 3.05) is 0 Å². The Bertz CT molecular complexity index is 385. The molecule has 0 N–H and O–H groups in total. The third-order valence-electron chi connectivity index (χ3n) is 3.02. The highest BCUT2D eigenvalue weighted by Crippen LogP contribution is 2.34. The van der Waals surface area contributed by atoms with Gasteiger partial charge in [-0.2, -0.15) is 13.2 Å². The summed E-state index contributed by atoms with van der Waals surface area (Å²) in [6, 6.07) is 5.92. The lowest BCUT2D eigenvalue weighted by Gasteiger charge is -2.16. The van der Waals surface area contributed by atoms with Crippen molar-refractivity contribution in [1.82, 2.24) is 0 Å². The minimum absolute atomic E-state index is 0.0643. The maximum Gasteiger partial charge on any atom is 0.389 e. The van der Waals surface area contributed by atoms with Gasteiger partial charge in [-0.15, -0.1) is 11.6 Å². The molecule has 1 rings (SSSR count). The molecule has 0 radical (unpaired) electrons. The highest BCUT2D eigenvalue weighted by atomic mass is 35.5. The molecule has 0 heterocycles. The lowest BCUT2D eigenvalue weighted by atomic mass is 9.96. The van der Waals surface area contributed by atoms with Gasteiger partial charge < -0.3 is 0 Å². The van der Waals surface area contributed by atoms with Crippen LogP contribution in [0, 0.1) is 0 Å². The first kappa shape index (κ1) is 15.4. The Labute approximate surface area is 111 Å². The van der Waals surface area contributed by atoms with Crippen molar-refractivity contribution in [3.63, 3.8) is 0 Å². The standard InChI is InChI=1S/C14H18ClF3/c1-3-10-5-6-11(4-2)12(9-10)13(15)7-8-14(16,17)18/h5-6,9,13H,3-4,7-8H2,1-2H3. The third-order valence-corrected chi connectivity index (χ3v) is 3.47. The molecule has 102 valence electrons. The quantitative estimate of drug-likeness (QED) is 0.630. The Kier molecular flexibility index (Phi) is 5.51. The number of hydrogen-bond donors (Lipinski definition) is 0. The Morgan fingerprint density at radius 1 is 1.17 bits per heavy atom. The number of halogens is 4. The minimum atomic E-state index is -4.14. The average molecular weight is 279 g/mol. The molecule has 18 heavy (non-hydrogen) atoms. The van der Waals surface area contributed by atoms with Gasteiger partial charge in [-0.3, -0.25) is 0 Å². The first-order chi connectivity index (χ1) is 8.37. The van der Waals surface area contributed by atoms with E-state index in [9.17, 15) is 13.2 Å². The van der Waals surface area contributed by atoms with Crippen LogP contribution in [-0.4, -0.2) is 6.18 Å². The van der Waals surface area contributed by atoms with E-state index in [1.165, 1.54) is 0 Å². The Morgan fingerprint density at radius 3 is 2.33 bits per heavy atom. The monoisotopic (exact) mass is 278 g/mol. The van der Waals surface area contributed by atoms with Crippen molar-refractivity contribution in [2.24, 2.45) is 0 Å². The van der Waals surface area contributed by atoms with Crippen LogP contribution < -0.4 is 0 Å². The van der Waals surface area contributed by atoms with Crippen LogP contribution in [-0.2, 0) is 12.8 Å². The van der Waals surface area contributed by atoms with Gasteiger partial charge in [0.2, 0.25) is 0 Å². The average Bonchev–Trinajstić information content (AvgIpc) is 2.34. The molecule has 0 nitrogen and oxygen atoms in total. The molecule has 0 bridgehead atoms. The molecule has 0 saturated heterocycles. The summed E-state index contributed by atoms with van der Waals surface area (Å²) >= 11 is 6.13. The molecule has 1 aromatic carbocycles. The topological polar surface area (TPSA) is 0 Å². The molecule has 0 aliphatic rings. The van der Waals surface area contributed by atoms with Crippen molar-refractivity contribution in [1.29, 1.82) is 0 Å². The summed E-state index contributed by atoms with van der Waals surface area (Å²) in [5, 5.41) is -0.562. The number of alkyl halides is 4. The van der Waals surface area contributed by atoms with Crippen LogP contribution in [0.1, 0.15) is 48.8 Å². The van der Waals surface area contributed by atoms with Gasteiger partial charge in [-0.25, -0.2) is 0 Å². The van der Waals surface area contributed by atoms with E-state index in [2.05, 4.69) is 0 Å². The largest absolute Gasteiger partial charge is 0.389 e. The molecule has 0 saturated carbocycles. The van der Waals surface area contributed by atoms with E-state index in [4.69, 9.17) is 11.6 Å². The van der Waals surface area contributed by atoms with Gasteiger partial charge in [0, 0.05) is 6.42 Å².